The zero-order valence-electron chi connectivity index (χ0n) is 20.9. The molecule has 0 saturated carbocycles. The van der Waals surface area contributed by atoms with Gasteiger partial charge in [-0.25, -0.2) is 8.78 Å². The molecule has 0 atom stereocenters. The van der Waals surface area contributed by atoms with E-state index in [0.29, 0.717) is 35.8 Å². The van der Waals surface area contributed by atoms with Crippen LogP contribution in [0.4, 0.5) is 13.2 Å². The molecule has 0 unspecified atom stereocenters. The number of methoxy groups -OCH3 is 1. The molecule has 0 amide bonds. The lowest BCUT2D eigenvalue weighted by molar-refractivity contribution is -0.207. The van der Waals surface area contributed by atoms with Gasteiger partial charge >= 0.3 is 0 Å². The Hall–Kier alpha value is -2.83. The molecule has 1 saturated heterocycles. The standard InChI is InChI=1S/C30H33F3O3/c1-3-4-5-6-7-8-20-18-35-30(36-19-20)25-14-13-23(17-26(25)31)21-9-11-22(12-10-21)24-15-16-27(34-2)29(33)28(24)32/h9-17,20,30H,3-8,18-19H2,1-2H3. The van der Waals surface area contributed by atoms with Crippen molar-refractivity contribution in [3.63, 3.8) is 0 Å². The summed E-state index contributed by atoms with van der Waals surface area (Å²) in [5.74, 6) is -2.19. The van der Waals surface area contributed by atoms with Gasteiger partial charge in [-0.05, 0) is 41.3 Å². The minimum atomic E-state index is -1.03. The Kier molecular flexibility index (Phi) is 9.05. The normalized spacial score (nSPS) is 17.8. The summed E-state index contributed by atoms with van der Waals surface area (Å²) in [5, 5.41) is 0. The number of hydrogen-bond acceptors (Lipinski definition) is 3. The van der Waals surface area contributed by atoms with Crippen molar-refractivity contribution in [3.8, 4) is 28.0 Å². The molecule has 1 aliphatic heterocycles. The number of ether oxygens (including phenoxy) is 3. The monoisotopic (exact) mass is 498 g/mol. The van der Waals surface area contributed by atoms with Crippen molar-refractivity contribution in [1.82, 2.24) is 0 Å². The zero-order chi connectivity index (χ0) is 25.5. The largest absolute Gasteiger partial charge is 0.494 e. The molecule has 0 bridgehead atoms. The number of unbranched alkanes of at least 4 members (excludes halogenated alkanes) is 4. The van der Waals surface area contributed by atoms with E-state index in [2.05, 4.69) is 6.92 Å². The zero-order valence-corrected chi connectivity index (χ0v) is 20.9. The first-order valence-electron chi connectivity index (χ1n) is 12.7. The fourth-order valence-corrected chi connectivity index (χ4v) is 4.58. The molecule has 0 spiro atoms. The van der Waals surface area contributed by atoms with E-state index in [4.69, 9.17) is 14.2 Å². The van der Waals surface area contributed by atoms with Crippen LogP contribution in [0.3, 0.4) is 0 Å². The van der Waals surface area contributed by atoms with Crippen molar-refractivity contribution in [1.29, 1.82) is 0 Å². The van der Waals surface area contributed by atoms with Gasteiger partial charge in [0.05, 0.1) is 20.3 Å². The van der Waals surface area contributed by atoms with Crippen LogP contribution in [-0.4, -0.2) is 20.3 Å². The Bertz CT molecular complexity index is 1140. The molecule has 0 N–H and O–H groups in total. The molecule has 6 heteroatoms. The Labute approximate surface area is 211 Å². The van der Waals surface area contributed by atoms with Crippen LogP contribution in [0.5, 0.6) is 5.75 Å². The van der Waals surface area contributed by atoms with Crippen molar-refractivity contribution >= 4 is 0 Å². The first kappa shape index (κ1) is 26.2. The average Bonchev–Trinajstić information content (AvgIpc) is 2.91. The van der Waals surface area contributed by atoms with E-state index in [9.17, 15) is 13.2 Å². The van der Waals surface area contributed by atoms with Crippen LogP contribution in [-0.2, 0) is 9.47 Å². The lowest BCUT2D eigenvalue weighted by atomic mass is 9.98. The number of benzene rings is 3. The van der Waals surface area contributed by atoms with Gasteiger partial charge in [0, 0.05) is 17.0 Å². The molecule has 3 aromatic rings. The lowest BCUT2D eigenvalue weighted by Gasteiger charge is -2.30. The summed E-state index contributed by atoms with van der Waals surface area (Å²) >= 11 is 0. The smallest absolute Gasteiger partial charge is 0.201 e. The summed E-state index contributed by atoms with van der Waals surface area (Å²) in [6.07, 6.45) is 6.55. The van der Waals surface area contributed by atoms with Crippen molar-refractivity contribution in [3.05, 3.63) is 77.6 Å². The highest BCUT2D eigenvalue weighted by molar-refractivity contribution is 5.71. The Morgan fingerprint density at radius 1 is 0.778 bits per heavy atom. The first-order valence-corrected chi connectivity index (χ1v) is 12.7. The predicted octanol–water partition coefficient (Wildman–Crippen LogP) is 8.47. The van der Waals surface area contributed by atoms with E-state index < -0.39 is 23.7 Å². The summed E-state index contributed by atoms with van der Waals surface area (Å²) < 4.78 is 60.0. The van der Waals surface area contributed by atoms with Crippen LogP contribution >= 0.6 is 0 Å². The minimum Gasteiger partial charge on any atom is -0.494 e. The summed E-state index contributed by atoms with van der Waals surface area (Å²) in [5.41, 5.74) is 2.45. The third kappa shape index (κ3) is 6.11. The quantitative estimate of drug-likeness (QED) is 0.262. The van der Waals surface area contributed by atoms with Gasteiger partial charge in [-0.3, -0.25) is 0 Å². The molecule has 1 heterocycles. The summed E-state index contributed by atoms with van der Waals surface area (Å²) in [6.45, 7) is 3.35. The maximum atomic E-state index is 15.0. The van der Waals surface area contributed by atoms with Crippen molar-refractivity contribution in [2.45, 2.75) is 51.7 Å². The van der Waals surface area contributed by atoms with Gasteiger partial charge < -0.3 is 14.2 Å². The third-order valence-electron chi connectivity index (χ3n) is 6.73. The lowest BCUT2D eigenvalue weighted by Crippen LogP contribution is -2.27. The van der Waals surface area contributed by atoms with Crippen LogP contribution in [0.25, 0.3) is 22.3 Å². The molecule has 36 heavy (non-hydrogen) atoms. The molecule has 0 radical (unpaired) electrons. The van der Waals surface area contributed by atoms with Gasteiger partial charge in [-0.15, -0.1) is 0 Å². The maximum Gasteiger partial charge on any atom is 0.201 e. The second-order valence-electron chi connectivity index (χ2n) is 9.32. The second kappa shape index (κ2) is 12.4. The van der Waals surface area contributed by atoms with E-state index in [0.717, 1.165) is 12.0 Å². The van der Waals surface area contributed by atoms with Crippen molar-refractivity contribution < 1.29 is 27.4 Å². The predicted molar refractivity (Wildman–Crippen MR) is 135 cm³/mol. The van der Waals surface area contributed by atoms with Crippen molar-refractivity contribution in [2.75, 3.05) is 20.3 Å². The summed E-state index contributed by atoms with van der Waals surface area (Å²) in [7, 11) is 1.29. The van der Waals surface area contributed by atoms with Crippen LogP contribution in [0, 0.1) is 23.4 Å². The Morgan fingerprint density at radius 2 is 1.44 bits per heavy atom. The van der Waals surface area contributed by atoms with Gasteiger partial charge in [-0.2, -0.15) is 4.39 Å². The second-order valence-corrected chi connectivity index (χ2v) is 9.32. The highest BCUT2D eigenvalue weighted by atomic mass is 19.2. The molecule has 3 nitrogen and oxygen atoms in total. The number of rotatable bonds is 10. The van der Waals surface area contributed by atoms with Gasteiger partial charge in [0.2, 0.25) is 5.82 Å². The maximum absolute atomic E-state index is 15.0. The summed E-state index contributed by atoms with van der Waals surface area (Å²) in [6, 6.07) is 14.7. The van der Waals surface area contributed by atoms with E-state index in [1.165, 1.54) is 57.4 Å². The van der Waals surface area contributed by atoms with Crippen LogP contribution in [0.2, 0.25) is 0 Å². The molecule has 192 valence electrons. The van der Waals surface area contributed by atoms with Crippen molar-refractivity contribution in [2.24, 2.45) is 5.92 Å². The fraction of sp³-hybridized carbons (Fsp3) is 0.400. The van der Waals surface area contributed by atoms with Gasteiger partial charge in [-0.1, -0.05) is 75.4 Å². The van der Waals surface area contributed by atoms with Gasteiger partial charge in [0.15, 0.2) is 17.9 Å². The van der Waals surface area contributed by atoms with E-state index in [-0.39, 0.29) is 11.3 Å². The van der Waals surface area contributed by atoms with Crippen LogP contribution in [0.15, 0.2) is 54.6 Å². The molecule has 0 aliphatic carbocycles. The first-order chi connectivity index (χ1) is 17.5. The number of hydrogen-bond donors (Lipinski definition) is 0. The van der Waals surface area contributed by atoms with Crippen LogP contribution in [0.1, 0.15) is 57.3 Å². The highest BCUT2D eigenvalue weighted by Gasteiger charge is 2.25. The molecular formula is C30H33F3O3. The molecule has 1 fully saturated rings. The topological polar surface area (TPSA) is 27.7 Å². The minimum absolute atomic E-state index is 0.132. The van der Waals surface area contributed by atoms with Crippen LogP contribution < -0.4 is 4.74 Å². The SMILES string of the molecule is CCCCCCCC1COC(c2ccc(-c3ccc(-c4ccc(OC)c(F)c4F)cc3)cc2F)OC1. The molecule has 3 aromatic carbocycles. The summed E-state index contributed by atoms with van der Waals surface area (Å²) in [4.78, 5) is 0. The molecule has 1 aliphatic rings. The Balaban J connectivity index is 1.38. The third-order valence-corrected chi connectivity index (χ3v) is 6.73. The molecule has 0 aromatic heterocycles. The fourth-order valence-electron chi connectivity index (χ4n) is 4.58. The van der Waals surface area contributed by atoms with Gasteiger partial charge in [0.1, 0.15) is 5.82 Å². The van der Waals surface area contributed by atoms with E-state index in [1.807, 2.05) is 6.07 Å². The van der Waals surface area contributed by atoms with Gasteiger partial charge in [0.25, 0.3) is 0 Å². The van der Waals surface area contributed by atoms with E-state index in [1.54, 1.807) is 30.3 Å². The van der Waals surface area contributed by atoms with E-state index >= 15 is 0 Å². The molecular weight excluding hydrogens is 465 g/mol. The Morgan fingerprint density at radius 3 is 2.11 bits per heavy atom. The highest BCUT2D eigenvalue weighted by Crippen LogP contribution is 2.33. The molecule has 4 rings (SSSR count). The average molecular weight is 499 g/mol. The number of halogens is 3.